The lowest BCUT2D eigenvalue weighted by Crippen LogP contribution is -2.38. The maximum absolute atomic E-state index is 11.9. The first-order chi connectivity index (χ1) is 11.2. The van der Waals surface area contributed by atoms with E-state index in [1.165, 1.54) is 11.6 Å². The molecule has 2 rings (SSSR count). The molecule has 0 atom stereocenters. The average molecular weight is 312 g/mol. The Kier molecular flexibility index (Phi) is 7.71. The van der Waals surface area contributed by atoms with Gasteiger partial charge in [-0.2, -0.15) is 5.06 Å². The first-order valence-electron chi connectivity index (χ1n) is 7.66. The molecule has 1 aliphatic rings. The second-order valence-electron chi connectivity index (χ2n) is 4.81. The minimum absolute atomic E-state index is 0.343. The molecule has 0 spiro atoms. The van der Waals surface area contributed by atoms with Crippen molar-refractivity contribution in [3.05, 3.63) is 72.4 Å². The van der Waals surface area contributed by atoms with Gasteiger partial charge in [-0.3, -0.25) is 15.0 Å². The normalized spacial score (nSPS) is 17.8. The Morgan fingerprint density at radius 3 is 2.43 bits per heavy atom. The number of hydrogen-bond donors (Lipinski definition) is 1. The van der Waals surface area contributed by atoms with E-state index >= 15 is 0 Å². The fourth-order valence-corrected chi connectivity index (χ4v) is 2.40. The summed E-state index contributed by atoms with van der Waals surface area (Å²) in [4.78, 5) is 16.1. The van der Waals surface area contributed by atoms with E-state index in [4.69, 9.17) is 0 Å². The number of aliphatic imine (C=N–C) groups is 1. The van der Waals surface area contributed by atoms with Crippen molar-refractivity contribution in [1.29, 1.82) is 0 Å². The number of benzene rings is 1. The van der Waals surface area contributed by atoms with Gasteiger partial charge in [0.15, 0.2) is 5.84 Å². The van der Waals surface area contributed by atoms with Gasteiger partial charge in [-0.05, 0) is 37.8 Å². The SMILES string of the molecule is C/C=C1/C(CCc2ccccc2)=CC(=O)N(O)C1=NCC.C=C. The first-order valence-corrected chi connectivity index (χ1v) is 7.66. The van der Waals surface area contributed by atoms with Gasteiger partial charge in [0, 0.05) is 18.2 Å². The minimum atomic E-state index is -0.434. The molecule has 23 heavy (non-hydrogen) atoms. The van der Waals surface area contributed by atoms with Crippen LogP contribution in [-0.4, -0.2) is 28.6 Å². The van der Waals surface area contributed by atoms with Crippen molar-refractivity contribution in [1.82, 2.24) is 5.06 Å². The van der Waals surface area contributed by atoms with Crippen LogP contribution in [0.5, 0.6) is 0 Å². The van der Waals surface area contributed by atoms with Gasteiger partial charge in [0.05, 0.1) is 0 Å². The Morgan fingerprint density at radius 1 is 1.22 bits per heavy atom. The maximum Gasteiger partial charge on any atom is 0.276 e. The molecule has 1 heterocycles. The fourth-order valence-electron chi connectivity index (χ4n) is 2.40. The van der Waals surface area contributed by atoms with Gasteiger partial charge in [0.25, 0.3) is 5.91 Å². The van der Waals surface area contributed by atoms with Gasteiger partial charge in [-0.1, -0.05) is 36.4 Å². The number of carbonyl (C=O) groups excluding carboxylic acids is 1. The molecule has 1 aromatic carbocycles. The average Bonchev–Trinajstić information content (AvgIpc) is 2.60. The quantitative estimate of drug-likeness (QED) is 0.676. The van der Waals surface area contributed by atoms with Gasteiger partial charge in [-0.25, -0.2) is 0 Å². The molecule has 0 unspecified atom stereocenters. The molecule has 0 aromatic heterocycles. The van der Waals surface area contributed by atoms with Crippen LogP contribution in [0.15, 0.2) is 71.8 Å². The smallest absolute Gasteiger partial charge is 0.276 e. The summed E-state index contributed by atoms with van der Waals surface area (Å²) in [6, 6.07) is 10.1. The molecule has 0 saturated heterocycles. The summed E-state index contributed by atoms with van der Waals surface area (Å²) in [6.45, 7) is 10.3. The summed E-state index contributed by atoms with van der Waals surface area (Å²) >= 11 is 0. The molecule has 1 amide bonds. The highest BCUT2D eigenvalue weighted by Gasteiger charge is 2.27. The van der Waals surface area contributed by atoms with E-state index in [2.05, 4.69) is 30.3 Å². The van der Waals surface area contributed by atoms with E-state index in [-0.39, 0.29) is 0 Å². The van der Waals surface area contributed by atoms with Crippen LogP contribution in [0.3, 0.4) is 0 Å². The topological polar surface area (TPSA) is 52.9 Å². The molecule has 0 bridgehead atoms. The van der Waals surface area contributed by atoms with Crippen LogP contribution in [-0.2, 0) is 11.2 Å². The predicted octanol–water partition coefficient (Wildman–Crippen LogP) is 3.94. The summed E-state index contributed by atoms with van der Waals surface area (Å²) < 4.78 is 0. The lowest BCUT2D eigenvalue weighted by molar-refractivity contribution is -0.143. The third-order valence-electron chi connectivity index (χ3n) is 3.42. The van der Waals surface area contributed by atoms with Crippen molar-refractivity contribution < 1.29 is 10.0 Å². The van der Waals surface area contributed by atoms with Crippen molar-refractivity contribution in [3.63, 3.8) is 0 Å². The van der Waals surface area contributed by atoms with Gasteiger partial charge in [-0.15, -0.1) is 13.2 Å². The van der Waals surface area contributed by atoms with Crippen LogP contribution in [0, 0.1) is 0 Å². The number of rotatable bonds is 4. The zero-order valence-corrected chi connectivity index (χ0v) is 13.8. The first kappa shape index (κ1) is 18.6. The van der Waals surface area contributed by atoms with Crippen molar-refractivity contribution in [2.75, 3.05) is 6.54 Å². The van der Waals surface area contributed by atoms with Crippen LogP contribution < -0.4 is 0 Å². The standard InChI is InChI=1S/C17H20N2O2.C2H4/c1-3-15-14(11-10-13-8-6-5-7-9-13)12-16(20)19(21)17(15)18-4-2;1-2/h3,5-9,12,21H,4,10-11H2,1-2H3;1-2H2/b15-3-,18-17?;. The maximum atomic E-state index is 11.9. The third-order valence-corrected chi connectivity index (χ3v) is 3.42. The van der Waals surface area contributed by atoms with Crippen molar-refractivity contribution in [3.8, 4) is 0 Å². The van der Waals surface area contributed by atoms with Gasteiger partial charge in [0.1, 0.15) is 0 Å². The molecule has 4 heteroatoms. The van der Waals surface area contributed by atoms with E-state index in [0.29, 0.717) is 17.4 Å². The summed E-state index contributed by atoms with van der Waals surface area (Å²) in [7, 11) is 0. The summed E-state index contributed by atoms with van der Waals surface area (Å²) in [5, 5.41) is 10.5. The van der Waals surface area contributed by atoms with Crippen molar-refractivity contribution in [2.24, 2.45) is 4.99 Å². The van der Waals surface area contributed by atoms with E-state index < -0.39 is 5.91 Å². The highest BCUT2D eigenvalue weighted by atomic mass is 16.5. The summed E-state index contributed by atoms with van der Waals surface area (Å²) in [6.07, 6.45) is 4.97. The monoisotopic (exact) mass is 312 g/mol. The molecule has 1 N–H and O–H groups in total. The summed E-state index contributed by atoms with van der Waals surface area (Å²) in [5.41, 5.74) is 2.97. The van der Waals surface area contributed by atoms with Gasteiger partial charge in [0.2, 0.25) is 0 Å². The Balaban J connectivity index is 0.00000127. The van der Waals surface area contributed by atoms with Gasteiger partial charge >= 0.3 is 0 Å². The molecule has 0 radical (unpaired) electrons. The number of nitrogens with zero attached hydrogens (tertiary/aromatic N) is 2. The van der Waals surface area contributed by atoms with E-state index in [0.717, 1.165) is 24.0 Å². The largest absolute Gasteiger partial charge is 0.279 e. The molecular weight excluding hydrogens is 288 g/mol. The fraction of sp³-hybridized carbons (Fsp3) is 0.263. The molecule has 0 fully saturated rings. The highest BCUT2D eigenvalue weighted by molar-refractivity contribution is 6.15. The van der Waals surface area contributed by atoms with Crippen LogP contribution in [0.4, 0.5) is 0 Å². The zero-order valence-electron chi connectivity index (χ0n) is 13.8. The van der Waals surface area contributed by atoms with Crippen molar-refractivity contribution in [2.45, 2.75) is 26.7 Å². The molecule has 122 valence electrons. The number of carbonyl (C=O) groups is 1. The second kappa shape index (κ2) is 9.54. The molecule has 0 saturated carbocycles. The van der Waals surface area contributed by atoms with Crippen molar-refractivity contribution >= 4 is 11.7 Å². The third kappa shape index (κ3) is 4.76. The number of hydrogen-bond acceptors (Lipinski definition) is 3. The van der Waals surface area contributed by atoms with Crippen LogP contribution in [0.25, 0.3) is 0 Å². The minimum Gasteiger partial charge on any atom is -0.279 e. The zero-order chi connectivity index (χ0) is 17.2. The van der Waals surface area contributed by atoms with Crippen LogP contribution in [0.2, 0.25) is 0 Å². The molecule has 1 aliphatic heterocycles. The Morgan fingerprint density at radius 2 is 1.87 bits per heavy atom. The number of amidine groups is 1. The highest BCUT2D eigenvalue weighted by Crippen LogP contribution is 2.24. The van der Waals surface area contributed by atoms with Crippen LogP contribution in [0.1, 0.15) is 25.8 Å². The number of aryl methyl sites for hydroxylation is 1. The van der Waals surface area contributed by atoms with Gasteiger partial charge < -0.3 is 0 Å². The molecule has 1 aromatic rings. The van der Waals surface area contributed by atoms with E-state index in [1.807, 2.05) is 38.1 Å². The Bertz CT molecular complexity index is 616. The van der Waals surface area contributed by atoms with E-state index in [9.17, 15) is 10.0 Å². The molecular formula is C19H24N2O2. The summed E-state index contributed by atoms with van der Waals surface area (Å²) in [5.74, 6) is -0.0913. The Hall–Kier alpha value is -2.46. The van der Waals surface area contributed by atoms with Crippen LogP contribution >= 0.6 is 0 Å². The lowest BCUT2D eigenvalue weighted by atomic mass is 9.94. The van der Waals surface area contributed by atoms with E-state index in [1.54, 1.807) is 0 Å². The number of hydroxylamine groups is 2. The number of amides is 1. The second-order valence-corrected chi connectivity index (χ2v) is 4.81. The Labute approximate surface area is 138 Å². The number of allylic oxidation sites excluding steroid dienone is 1. The predicted molar refractivity (Wildman–Crippen MR) is 94.5 cm³/mol. The lowest BCUT2D eigenvalue weighted by Gasteiger charge is -2.25. The molecule has 0 aliphatic carbocycles. The molecule has 4 nitrogen and oxygen atoms in total.